The van der Waals surface area contributed by atoms with E-state index in [1.165, 1.54) is 11.3 Å². The molecule has 0 bridgehead atoms. The van der Waals surface area contributed by atoms with Crippen molar-refractivity contribution < 1.29 is 14.1 Å². The van der Waals surface area contributed by atoms with Crippen LogP contribution < -0.4 is 5.73 Å². The number of thiazole rings is 1. The van der Waals surface area contributed by atoms with Crippen LogP contribution >= 0.6 is 11.3 Å². The van der Waals surface area contributed by atoms with E-state index in [1.54, 1.807) is 6.92 Å². The number of carbonyl (C=O) groups excluding carboxylic acids is 1. The number of nitrogens with two attached hydrogens (primary N) is 1. The largest absolute Gasteiger partial charge is 0.455 e. The lowest BCUT2D eigenvalue weighted by Crippen LogP contribution is -2.08. The molecule has 0 aliphatic rings. The standard InChI is InChI=1S/C15H13N3O3S/c1-9-12(13(16)21-18-9)15(19)20-7-11-8-22-14(17-11)10-5-3-2-4-6-10/h2-6,8H,7,16H2,1H3. The molecule has 0 saturated heterocycles. The number of ether oxygens (including phenoxy) is 1. The SMILES string of the molecule is Cc1noc(N)c1C(=O)OCc1csc(-c2ccccc2)n1. The van der Waals surface area contributed by atoms with Crippen molar-refractivity contribution in [3.8, 4) is 10.6 Å². The van der Waals surface area contributed by atoms with Gasteiger partial charge >= 0.3 is 5.97 Å². The van der Waals surface area contributed by atoms with E-state index in [-0.39, 0.29) is 18.1 Å². The number of carbonyl (C=O) groups is 1. The number of hydrogen-bond donors (Lipinski definition) is 1. The van der Waals surface area contributed by atoms with Gasteiger partial charge in [-0.1, -0.05) is 35.5 Å². The molecule has 3 rings (SSSR count). The van der Waals surface area contributed by atoms with Crippen LogP contribution in [0.3, 0.4) is 0 Å². The first-order valence-electron chi connectivity index (χ1n) is 6.54. The lowest BCUT2D eigenvalue weighted by atomic mass is 10.2. The second-order valence-electron chi connectivity index (χ2n) is 4.59. The van der Waals surface area contributed by atoms with Crippen LogP contribution in [0.4, 0.5) is 5.88 Å². The van der Waals surface area contributed by atoms with Gasteiger partial charge in [0.05, 0.1) is 11.4 Å². The molecule has 0 saturated carbocycles. The van der Waals surface area contributed by atoms with E-state index < -0.39 is 5.97 Å². The van der Waals surface area contributed by atoms with Gasteiger partial charge in [0.2, 0.25) is 5.88 Å². The highest BCUT2D eigenvalue weighted by Crippen LogP contribution is 2.24. The number of esters is 1. The number of hydrogen-bond acceptors (Lipinski definition) is 7. The van der Waals surface area contributed by atoms with Crippen LogP contribution in [0, 0.1) is 6.92 Å². The first kappa shape index (κ1) is 14.3. The first-order chi connectivity index (χ1) is 10.6. The lowest BCUT2D eigenvalue weighted by Gasteiger charge is -2.01. The summed E-state index contributed by atoms with van der Waals surface area (Å²) in [5.74, 6) is -0.601. The van der Waals surface area contributed by atoms with Crippen LogP contribution in [-0.4, -0.2) is 16.1 Å². The Hall–Kier alpha value is -2.67. The third-order valence-electron chi connectivity index (χ3n) is 3.02. The number of anilines is 1. The monoisotopic (exact) mass is 315 g/mol. The minimum Gasteiger partial charge on any atom is -0.455 e. The molecule has 0 radical (unpaired) electrons. The zero-order chi connectivity index (χ0) is 15.5. The summed E-state index contributed by atoms with van der Waals surface area (Å²) in [7, 11) is 0. The van der Waals surface area contributed by atoms with E-state index in [1.807, 2.05) is 35.7 Å². The normalized spacial score (nSPS) is 10.6. The molecule has 0 fully saturated rings. The van der Waals surface area contributed by atoms with Gasteiger partial charge in [0.15, 0.2) is 0 Å². The maximum absolute atomic E-state index is 12.0. The molecule has 0 aliphatic heterocycles. The maximum Gasteiger partial charge on any atom is 0.346 e. The molecule has 1 aromatic carbocycles. The Morgan fingerprint density at radius 2 is 2.14 bits per heavy atom. The number of benzene rings is 1. The topological polar surface area (TPSA) is 91.2 Å². The van der Waals surface area contributed by atoms with Gasteiger partial charge in [0, 0.05) is 10.9 Å². The van der Waals surface area contributed by atoms with E-state index in [9.17, 15) is 4.79 Å². The number of nitrogen functional groups attached to an aromatic ring is 1. The maximum atomic E-state index is 12.0. The summed E-state index contributed by atoms with van der Waals surface area (Å²) in [6.07, 6.45) is 0. The molecule has 2 N–H and O–H groups in total. The lowest BCUT2D eigenvalue weighted by molar-refractivity contribution is 0.0468. The fourth-order valence-electron chi connectivity index (χ4n) is 1.93. The van der Waals surface area contributed by atoms with Crippen molar-refractivity contribution in [1.29, 1.82) is 0 Å². The molecule has 2 aromatic heterocycles. The number of aryl methyl sites for hydroxylation is 1. The van der Waals surface area contributed by atoms with Crippen molar-refractivity contribution in [3.05, 3.63) is 52.7 Å². The fraction of sp³-hybridized carbons (Fsp3) is 0.133. The van der Waals surface area contributed by atoms with Gasteiger partial charge in [-0.05, 0) is 6.92 Å². The van der Waals surface area contributed by atoms with Gasteiger partial charge in [0.1, 0.15) is 17.2 Å². The van der Waals surface area contributed by atoms with Gasteiger partial charge < -0.3 is 15.0 Å². The first-order valence-corrected chi connectivity index (χ1v) is 7.42. The summed E-state index contributed by atoms with van der Waals surface area (Å²) < 4.78 is 9.95. The smallest absolute Gasteiger partial charge is 0.346 e. The van der Waals surface area contributed by atoms with Crippen LogP contribution in [0.15, 0.2) is 40.2 Å². The predicted molar refractivity (Wildman–Crippen MR) is 82.3 cm³/mol. The zero-order valence-electron chi connectivity index (χ0n) is 11.8. The van der Waals surface area contributed by atoms with Crippen molar-refractivity contribution in [2.45, 2.75) is 13.5 Å². The molecular weight excluding hydrogens is 302 g/mol. The van der Waals surface area contributed by atoms with E-state index >= 15 is 0 Å². The molecule has 112 valence electrons. The highest BCUT2D eigenvalue weighted by atomic mass is 32.1. The summed E-state index contributed by atoms with van der Waals surface area (Å²) in [4.78, 5) is 16.4. The molecule has 22 heavy (non-hydrogen) atoms. The minimum absolute atomic E-state index is 0.0363. The third-order valence-corrected chi connectivity index (χ3v) is 3.96. The summed E-state index contributed by atoms with van der Waals surface area (Å²) in [5, 5.41) is 6.36. The molecule has 0 unspecified atom stereocenters. The Morgan fingerprint density at radius 1 is 1.36 bits per heavy atom. The van der Waals surface area contributed by atoms with Crippen LogP contribution in [0.5, 0.6) is 0 Å². The Kier molecular flexibility index (Phi) is 3.88. The van der Waals surface area contributed by atoms with Gasteiger partial charge in [-0.2, -0.15) is 0 Å². The summed E-state index contributed by atoms with van der Waals surface area (Å²) >= 11 is 1.50. The number of rotatable bonds is 4. The van der Waals surface area contributed by atoms with Crippen molar-refractivity contribution in [2.24, 2.45) is 0 Å². The Labute approximate surface area is 130 Å². The van der Waals surface area contributed by atoms with Crippen LogP contribution in [-0.2, 0) is 11.3 Å². The molecule has 0 amide bonds. The van der Waals surface area contributed by atoms with Crippen molar-refractivity contribution in [1.82, 2.24) is 10.1 Å². The molecule has 6 nitrogen and oxygen atoms in total. The molecular formula is C15H13N3O3S. The third kappa shape index (κ3) is 2.84. The number of nitrogens with zero attached hydrogens (tertiary/aromatic N) is 2. The van der Waals surface area contributed by atoms with Crippen LogP contribution in [0.25, 0.3) is 10.6 Å². The highest BCUT2D eigenvalue weighted by molar-refractivity contribution is 7.13. The van der Waals surface area contributed by atoms with Gasteiger partial charge in [0.25, 0.3) is 0 Å². The quantitative estimate of drug-likeness (QED) is 0.744. The predicted octanol–water partition coefficient (Wildman–Crippen LogP) is 3.05. The van der Waals surface area contributed by atoms with Gasteiger partial charge in [-0.15, -0.1) is 11.3 Å². The number of aromatic nitrogens is 2. The summed E-state index contributed by atoms with van der Waals surface area (Å²) in [6.45, 7) is 1.71. The second kappa shape index (κ2) is 5.98. The summed E-state index contributed by atoms with van der Waals surface area (Å²) in [5.41, 5.74) is 7.84. The van der Waals surface area contributed by atoms with Crippen molar-refractivity contribution in [2.75, 3.05) is 5.73 Å². The van der Waals surface area contributed by atoms with Crippen molar-refractivity contribution in [3.63, 3.8) is 0 Å². The molecule has 0 aliphatic carbocycles. The second-order valence-corrected chi connectivity index (χ2v) is 5.45. The zero-order valence-corrected chi connectivity index (χ0v) is 12.6. The molecule has 7 heteroatoms. The Bertz CT molecular complexity index is 776. The fourth-order valence-corrected chi connectivity index (χ4v) is 2.74. The molecule has 0 atom stereocenters. The van der Waals surface area contributed by atoms with E-state index in [0.717, 1.165) is 10.6 Å². The van der Waals surface area contributed by atoms with E-state index in [2.05, 4.69) is 10.1 Å². The minimum atomic E-state index is -0.564. The molecule has 2 heterocycles. The van der Waals surface area contributed by atoms with Crippen LogP contribution in [0.1, 0.15) is 21.7 Å². The van der Waals surface area contributed by atoms with Gasteiger partial charge in [-0.25, -0.2) is 9.78 Å². The average molecular weight is 315 g/mol. The average Bonchev–Trinajstić information content (AvgIpc) is 3.13. The van der Waals surface area contributed by atoms with E-state index in [0.29, 0.717) is 11.4 Å². The molecule has 3 aromatic rings. The molecule has 0 spiro atoms. The van der Waals surface area contributed by atoms with Crippen LogP contribution in [0.2, 0.25) is 0 Å². The van der Waals surface area contributed by atoms with E-state index in [4.69, 9.17) is 15.0 Å². The summed E-state index contributed by atoms with van der Waals surface area (Å²) in [6, 6.07) is 9.82. The van der Waals surface area contributed by atoms with Crippen molar-refractivity contribution >= 4 is 23.2 Å². The van der Waals surface area contributed by atoms with Gasteiger partial charge in [-0.3, -0.25) is 0 Å². The highest BCUT2D eigenvalue weighted by Gasteiger charge is 2.20. The Balaban J connectivity index is 1.68. The Morgan fingerprint density at radius 3 is 2.82 bits per heavy atom.